The molecule has 1 atom stereocenters. The number of H-pyrrole nitrogens is 1. The lowest BCUT2D eigenvalue weighted by atomic mass is 10.1. The summed E-state index contributed by atoms with van der Waals surface area (Å²) >= 11 is 0. The van der Waals surface area contributed by atoms with Gasteiger partial charge in [0, 0.05) is 36.5 Å². The van der Waals surface area contributed by atoms with Gasteiger partial charge in [0.15, 0.2) is 0 Å². The second-order valence-electron chi connectivity index (χ2n) is 5.26. The van der Waals surface area contributed by atoms with Crippen LogP contribution in [0.4, 0.5) is 4.39 Å². The zero-order valence-corrected chi connectivity index (χ0v) is 11.1. The van der Waals surface area contributed by atoms with Gasteiger partial charge >= 0.3 is 0 Å². The molecule has 0 saturated carbocycles. The number of benzene rings is 1. The molecule has 1 aromatic carbocycles. The molecule has 0 radical (unpaired) electrons. The van der Waals surface area contributed by atoms with Gasteiger partial charge in [-0.05, 0) is 26.0 Å². The molecule has 1 aliphatic heterocycles. The largest absolute Gasteiger partial charge is 0.346 e. The van der Waals surface area contributed by atoms with Crippen molar-refractivity contribution in [1.29, 1.82) is 0 Å². The number of halogens is 1. The summed E-state index contributed by atoms with van der Waals surface area (Å²) in [6.45, 7) is 4.64. The molecule has 1 aromatic heterocycles. The molecule has 0 amide bonds. The van der Waals surface area contributed by atoms with Crippen LogP contribution >= 0.6 is 0 Å². The van der Waals surface area contributed by atoms with Gasteiger partial charge < -0.3 is 4.98 Å². The molecule has 1 aliphatic rings. The van der Waals surface area contributed by atoms with Crippen LogP contribution < -0.4 is 0 Å². The van der Waals surface area contributed by atoms with E-state index in [1.165, 1.54) is 6.07 Å². The van der Waals surface area contributed by atoms with Crippen molar-refractivity contribution in [3.8, 4) is 0 Å². The first-order valence-corrected chi connectivity index (χ1v) is 6.69. The SMILES string of the molecule is Cc1cnc([C@H]2CCN(Cc3ccccc3F)C2)[nH]1. The van der Waals surface area contributed by atoms with E-state index in [9.17, 15) is 4.39 Å². The van der Waals surface area contributed by atoms with Crippen LogP contribution in [0.1, 0.15) is 29.4 Å². The fourth-order valence-corrected chi connectivity index (χ4v) is 2.71. The first kappa shape index (κ1) is 12.4. The van der Waals surface area contributed by atoms with Gasteiger partial charge in [-0.1, -0.05) is 18.2 Å². The summed E-state index contributed by atoms with van der Waals surface area (Å²) in [5, 5.41) is 0. The normalized spacial score (nSPS) is 20.0. The minimum absolute atomic E-state index is 0.111. The Morgan fingerprint density at radius 2 is 2.26 bits per heavy atom. The van der Waals surface area contributed by atoms with Crippen LogP contribution in [-0.2, 0) is 6.54 Å². The predicted molar refractivity (Wildman–Crippen MR) is 72.4 cm³/mol. The molecule has 19 heavy (non-hydrogen) atoms. The third kappa shape index (κ3) is 2.68. The Morgan fingerprint density at radius 1 is 1.42 bits per heavy atom. The van der Waals surface area contributed by atoms with Crippen LogP contribution in [0.5, 0.6) is 0 Å². The molecule has 3 rings (SSSR count). The quantitative estimate of drug-likeness (QED) is 0.919. The van der Waals surface area contributed by atoms with Crippen LogP contribution in [-0.4, -0.2) is 28.0 Å². The van der Waals surface area contributed by atoms with E-state index in [0.717, 1.165) is 36.6 Å². The lowest BCUT2D eigenvalue weighted by molar-refractivity contribution is 0.320. The van der Waals surface area contributed by atoms with Crippen molar-refractivity contribution in [2.45, 2.75) is 25.8 Å². The minimum Gasteiger partial charge on any atom is -0.346 e. The molecule has 0 spiro atoms. The van der Waals surface area contributed by atoms with Crippen molar-refractivity contribution < 1.29 is 4.39 Å². The van der Waals surface area contributed by atoms with Crippen molar-refractivity contribution in [3.63, 3.8) is 0 Å². The Morgan fingerprint density at radius 3 is 3.00 bits per heavy atom. The molecular formula is C15H18FN3. The summed E-state index contributed by atoms with van der Waals surface area (Å²) in [6, 6.07) is 7.01. The molecule has 0 aliphatic carbocycles. The Hall–Kier alpha value is -1.68. The number of aromatic amines is 1. The Bertz CT molecular complexity index is 564. The fourth-order valence-electron chi connectivity index (χ4n) is 2.71. The third-order valence-electron chi connectivity index (χ3n) is 3.73. The highest BCUT2D eigenvalue weighted by atomic mass is 19.1. The maximum Gasteiger partial charge on any atom is 0.127 e. The molecule has 100 valence electrons. The lowest BCUT2D eigenvalue weighted by Gasteiger charge is -2.15. The number of likely N-dealkylation sites (tertiary alicyclic amines) is 1. The second-order valence-corrected chi connectivity index (χ2v) is 5.26. The lowest BCUT2D eigenvalue weighted by Crippen LogP contribution is -2.20. The number of nitrogens with zero attached hydrogens (tertiary/aromatic N) is 2. The van der Waals surface area contributed by atoms with E-state index < -0.39 is 0 Å². The number of hydrogen-bond acceptors (Lipinski definition) is 2. The van der Waals surface area contributed by atoms with Gasteiger partial charge in [0.25, 0.3) is 0 Å². The van der Waals surface area contributed by atoms with Crippen molar-refractivity contribution in [2.24, 2.45) is 0 Å². The van der Waals surface area contributed by atoms with Gasteiger partial charge in [-0.25, -0.2) is 9.37 Å². The number of rotatable bonds is 3. The third-order valence-corrected chi connectivity index (χ3v) is 3.73. The van der Waals surface area contributed by atoms with Crippen molar-refractivity contribution >= 4 is 0 Å². The maximum absolute atomic E-state index is 13.6. The van der Waals surface area contributed by atoms with Gasteiger partial charge in [-0.15, -0.1) is 0 Å². The summed E-state index contributed by atoms with van der Waals surface area (Å²) in [5.74, 6) is 1.40. The van der Waals surface area contributed by atoms with Crippen molar-refractivity contribution in [1.82, 2.24) is 14.9 Å². The van der Waals surface area contributed by atoms with E-state index in [4.69, 9.17) is 0 Å². The molecular weight excluding hydrogens is 241 g/mol. The highest BCUT2D eigenvalue weighted by Crippen LogP contribution is 2.26. The summed E-state index contributed by atoms with van der Waals surface area (Å²) in [6.07, 6.45) is 2.95. The average molecular weight is 259 g/mol. The van der Waals surface area contributed by atoms with E-state index in [2.05, 4.69) is 14.9 Å². The summed E-state index contributed by atoms with van der Waals surface area (Å²) in [5.41, 5.74) is 1.88. The van der Waals surface area contributed by atoms with Crippen LogP contribution in [0.3, 0.4) is 0 Å². The first-order valence-electron chi connectivity index (χ1n) is 6.69. The zero-order valence-electron chi connectivity index (χ0n) is 11.1. The predicted octanol–water partition coefficient (Wildman–Crippen LogP) is 2.85. The van der Waals surface area contributed by atoms with Crippen LogP contribution in [0.15, 0.2) is 30.5 Å². The van der Waals surface area contributed by atoms with Gasteiger partial charge in [-0.3, -0.25) is 4.90 Å². The van der Waals surface area contributed by atoms with E-state index in [-0.39, 0.29) is 5.82 Å². The van der Waals surface area contributed by atoms with E-state index in [0.29, 0.717) is 12.5 Å². The molecule has 1 saturated heterocycles. The molecule has 3 nitrogen and oxygen atoms in total. The number of aromatic nitrogens is 2. The number of hydrogen-bond donors (Lipinski definition) is 1. The highest BCUT2D eigenvalue weighted by molar-refractivity contribution is 5.17. The second kappa shape index (κ2) is 5.13. The van der Waals surface area contributed by atoms with Gasteiger partial charge in [0.05, 0.1) is 0 Å². The van der Waals surface area contributed by atoms with Crippen LogP contribution in [0.2, 0.25) is 0 Å². The first-order chi connectivity index (χ1) is 9.22. The monoisotopic (exact) mass is 259 g/mol. The van der Waals surface area contributed by atoms with E-state index in [1.807, 2.05) is 25.3 Å². The average Bonchev–Trinajstić information content (AvgIpc) is 3.01. The molecule has 0 unspecified atom stereocenters. The Balaban J connectivity index is 1.65. The summed E-state index contributed by atoms with van der Waals surface area (Å²) < 4.78 is 13.6. The topological polar surface area (TPSA) is 31.9 Å². The fraction of sp³-hybridized carbons (Fsp3) is 0.400. The molecule has 1 fully saturated rings. The molecule has 2 heterocycles. The Labute approximate surface area is 112 Å². The van der Waals surface area contributed by atoms with E-state index >= 15 is 0 Å². The van der Waals surface area contributed by atoms with Gasteiger partial charge in [-0.2, -0.15) is 0 Å². The summed E-state index contributed by atoms with van der Waals surface area (Å²) in [7, 11) is 0. The number of nitrogens with one attached hydrogen (secondary N) is 1. The Kier molecular flexibility index (Phi) is 3.34. The van der Waals surface area contributed by atoms with Crippen LogP contribution in [0, 0.1) is 12.7 Å². The molecule has 1 N–H and O–H groups in total. The molecule has 2 aromatic rings. The highest BCUT2D eigenvalue weighted by Gasteiger charge is 2.26. The van der Waals surface area contributed by atoms with Crippen LogP contribution in [0.25, 0.3) is 0 Å². The summed E-state index contributed by atoms with van der Waals surface area (Å²) in [4.78, 5) is 10.00. The van der Waals surface area contributed by atoms with Gasteiger partial charge in [0.1, 0.15) is 11.6 Å². The number of aryl methyl sites for hydroxylation is 1. The van der Waals surface area contributed by atoms with Gasteiger partial charge in [0.2, 0.25) is 0 Å². The molecule has 0 bridgehead atoms. The zero-order chi connectivity index (χ0) is 13.2. The standard InChI is InChI=1S/C15H18FN3/c1-11-8-17-15(18-11)13-6-7-19(10-13)9-12-4-2-3-5-14(12)16/h2-5,8,13H,6-7,9-10H2,1H3,(H,17,18)/t13-/m0/s1. The van der Waals surface area contributed by atoms with Crippen molar-refractivity contribution in [3.05, 3.63) is 53.4 Å². The van der Waals surface area contributed by atoms with E-state index in [1.54, 1.807) is 6.07 Å². The smallest absolute Gasteiger partial charge is 0.127 e. The maximum atomic E-state index is 13.6. The molecule has 4 heteroatoms. The van der Waals surface area contributed by atoms with Crippen molar-refractivity contribution in [2.75, 3.05) is 13.1 Å². The minimum atomic E-state index is -0.111. The number of imidazole rings is 1.